The van der Waals surface area contributed by atoms with Crippen LogP contribution in [-0.2, 0) is 12.8 Å². The smallest absolute Gasteiger partial charge is 0.135 e. The minimum Gasteiger partial charge on any atom is -0.456 e. The third-order valence-electron chi connectivity index (χ3n) is 9.42. The molecule has 3 nitrogen and oxygen atoms in total. The van der Waals surface area contributed by atoms with E-state index in [9.17, 15) is 0 Å². The molecule has 0 radical (unpaired) electrons. The maximum absolute atomic E-state index is 6.08. The second kappa shape index (κ2) is 10.6. The van der Waals surface area contributed by atoms with Gasteiger partial charge in [-0.05, 0) is 94.1 Å². The maximum Gasteiger partial charge on any atom is 0.135 e. The van der Waals surface area contributed by atoms with E-state index < -0.39 is 0 Å². The third-order valence-corrected chi connectivity index (χ3v) is 9.42. The van der Waals surface area contributed by atoms with Crippen LogP contribution in [0.25, 0.3) is 61.2 Å². The average molecular weight is 579 g/mol. The van der Waals surface area contributed by atoms with E-state index in [0.29, 0.717) is 5.92 Å². The quantitative estimate of drug-likeness (QED) is 0.209. The molecule has 0 N–H and O–H groups in total. The summed E-state index contributed by atoms with van der Waals surface area (Å²) in [5.74, 6) is 0.300. The predicted molar refractivity (Wildman–Crippen MR) is 184 cm³/mol. The highest BCUT2D eigenvalue weighted by atomic mass is 16.3. The predicted octanol–water partition coefficient (Wildman–Crippen LogP) is 10.6. The van der Waals surface area contributed by atoms with Crippen LogP contribution in [0.5, 0.6) is 0 Å². The van der Waals surface area contributed by atoms with Gasteiger partial charge in [-0.15, -0.1) is 0 Å². The topological polar surface area (TPSA) is 38.9 Å². The zero-order valence-corrected chi connectivity index (χ0v) is 24.8. The molecule has 3 aromatic heterocycles. The summed E-state index contributed by atoms with van der Waals surface area (Å²) >= 11 is 0. The SMILES string of the molecule is C1=CC(c2ccc3oc4ccccc4c3c2)CC=C1c1cc(-c2ccccc2)c2c(n1)-c1nccc(-c3ccccc3)c1CC2. The summed E-state index contributed by atoms with van der Waals surface area (Å²) in [7, 11) is 0. The zero-order valence-electron chi connectivity index (χ0n) is 24.8. The first-order valence-electron chi connectivity index (χ1n) is 15.7. The number of allylic oxidation sites excluding steroid dienone is 4. The van der Waals surface area contributed by atoms with Crippen molar-refractivity contribution in [1.29, 1.82) is 0 Å². The van der Waals surface area contributed by atoms with Crippen LogP contribution in [0.4, 0.5) is 0 Å². The summed E-state index contributed by atoms with van der Waals surface area (Å²) in [6.45, 7) is 0. The highest BCUT2D eigenvalue weighted by molar-refractivity contribution is 6.05. The highest BCUT2D eigenvalue weighted by Gasteiger charge is 2.26. The first kappa shape index (κ1) is 25.9. The molecular formula is C42H30N2O. The zero-order chi connectivity index (χ0) is 29.7. The number of pyridine rings is 2. The molecule has 3 heteroatoms. The molecule has 3 heterocycles. The van der Waals surface area contributed by atoms with Crippen molar-refractivity contribution in [3.63, 3.8) is 0 Å². The molecule has 9 rings (SSSR count). The van der Waals surface area contributed by atoms with E-state index in [1.165, 1.54) is 49.7 Å². The molecule has 2 aliphatic rings. The number of hydrogen-bond acceptors (Lipinski definition) is 3. The van der Waals surface area contributed by atoms with Gasteiger partial charge in [0, 0.05) is 22.9 Å². The highest BCUT2D eigenvalue weighted by Crippen LogP contribution is 2.42. The molecule has 1 unspecified atom stereocenters. The van der Waals surface area contributed by atoms with Gasteiger partial charge in [-0.3, -0.25) is 4.98 Å². The molecule has 0 saturated carbocycles. The van der Waals surface area contributed by atoms with Crippen molar-refractivity contribution in [1.82, 2.24) is 9.97 Å². The molecule has 1 atom stereocenters. The summed E-state index contributed by atoms with van der Waals surface area (Å²) in [5, 5.41) is 2.34. The van der Waals surface area contributed by atoms with Crippen molar-refractivity contribution < 1.29 is 4.42 Å². The van der Waals surface area contributed by atoms with Gasteiger partial charge in [-0.1, -0.05) is 103 Å². The van der Waals surface area contributed by atoms with Gasteiger partial charge in [0.05, 0.1) is 17.1 Å². The van der Waals surface area contributed by atoms with Crippen molar-refractivity contribution in [3.05, 3.63) is 162 Å². The number of rotatable bonds is 4. The summed E-state index contributed by atoms with van der Waals surface area (Å²) < 4.78 is 6.08. The Hall–Kier alpha value is -5.54. The van der Waals surface area contributed by atoms with Gasteiger partial charge in [-0.2, -0.15) is 0 Å². The van der Waals surface area contributed by atoms with Gasteiger partial charge in [0.25, 0.3) is 0 Å². The Morgan fingerprint density at radius 2 is 1.33 bits per heavy atom. The lowest BCUT2D eigenvalue weighted by atomic mass is 9.83. The van der Waals surface area contributed by atoms with Crippen LogP contribution in [0.2, 0.25) is 0 Å². The van der Waals surface area contributed by atoms with Crippen LogP contribution in [0.15, 0.2) is 144 Å². The minimum atomic E-state index is 0.300. The Bertz CT molecular complexity index is 2290. The van der Waals surface area contributed by atoms with Crippen LogP contribution in [0, 0.1) is 0 Å². The van der Waals surface area contributed by atoms with E-state index in [-0.39, 0.29) is 0 Å². The van der Waals surface area contributed by atoms with Gasteiger partial charge in [0.2, 0.25) is 0 Å². The lowest BCUT2D eigenvalue weighted by Gasteiger charge is -2.25. The molecule has 0 spiro atoms. The third kappa shape index (κ3) is 4.43. The summed E-state index contributed by atoms with van der Waals surface area (Å²) in [6, 6.07) is 40.7. The number of para-hydroxylation sites is 1. The van der Waals surface area contributed by atoms with Crippen LogP contribution in [0.1, 0.15) is 34.7 Å². The van der Waals surface area contributed by atoms with Gasteiger partial charge in [0.1, 0.15) is 11.2 Å². The summed E-state index contributed by atoms with van der Waals surface area (Å²) in [6.07, 6.45) is 11.7. The number of benzene rings is 4. The minimum absolute atomic E-state index is 0.300. The molecule has 4 aromatic carbocycles. The van der Waals surface area contributed by atoms with E-state index in [2.05, 4.69) is 121 Å². The van der Waals surface area contributed by atoms with Crippen molar-refractivity contribution in [2.75, 3.05) is 0 Å². The largest absolute Gasteiger partial charge is 0.456 e. The molecule has 214 valence electrons. The van der Waals surface area contributed by atoms with Crippen LogP contribution >= 0.6 is 0 Å². The Balaban J connectivity index is 1.12. The molecule has 0 saturated heterocycles. The van der Waals surface area contributed by atoms with E-state index in [0.717, 1.165) is 53.1 Å². The molecule has 45 heavy (non-hydrogen) atoms. The Labute approximate surface area is 262 Å². The van der Waals surface area contributed by atoms with Crippen molar-refractivity contribution in [2.24, 2.45) is 0 Å². The summed E-state index contributed by atoms with van der Waals surface area (Å²) in [4.78, 5) is 10.3. The number of fused-ring (bicyclic) bond motifs is 6. The Morgan fingerprint density at radius 3 is 2.11 bits per heavy atom. The van der Waals surface area contributed by atoms with E-state index >= 15 is 0 Å². The van der Waals surface area contributed by atoms with Crippen LogP contribution in [0.3, 0.4) is 0 Å². The van der Waals surface area contributed by atoms with Gasteiger partial charge in [0.15, 0.2) is 0 Å². The first-order valence-corrected chi connectivity index (χ1v) is 15.7. The fourth-order valence-electron chi connectivity index (χ4n) is 7.16. The van der Waals surface area contributed by atoms with Gasteiger partial charge in [-0.25, -0.2) is 4.98 Å². The fourth-order valence-corrected chi connectivity index (χ4v) is 7.16. The molecule has 0 amide bonds. The van der Waals surface area contributed by atoms with Crippen molar-refractivity contribution in [2.45, 2.75) is 25.2 Å². The van der Waals surface area contributed by atoms with Crippen LogP contribution < -0.4 is 0 Å². The van der Waals surface area contributed by atoms with Crippen molar-refractivity contribution >= 4 is 27.5 Å². The number of furan rings is 1. The number of nitrogens with zero attached hydrogens (tertiary/aromatic N) is 2. The second-order valence-corrected chi connectivity index (χ2v) is 12.0. The van der Waals surface area contributed by atoms with E-state index in [1.54, 1.807) is 0 Å². The fraction of sp³-hybridized carbons (Fsp3) is 0.0952. The van der Waals surface area contributed by atoms with E-state index in [1.807, 2.05) is 18.3 Å². The standard InChI is InChI=1S/C42H30N2O/c1-3-9-28(10-4-1)32-23-24-43-41-34(32)20-21-35-36(29-11-5-2-6-12-29)26-38(44-42(35)41)30-17-15-27(16-18-30)31-19-22-40-37(25-31)33-13-7-8-14-39(33)45-40/h1-15,17-19,22-27H,16,20-21H2. The molecule has 0 aliphatic heterocycles. The number of aromatic nitrogens is 2. The molecule has 2 aliphatic carbocycles. The molecule has 0 fully saturated rings. The van der Waals surface area contributed by atoms with Gasteiger partial charge >= 0.3 is 0 Å². The first-order chi connectivity index (χ1) is 22.3. The lowest BCUT2D eigenvalue weighted by molar-refractivity contribution is 0.668. The Morgan fingerprint density at radius 1 is 0.622 bits per heavy atom. The average Bonchev–Trinajstić information content (AvgIpc) is 3.49. The molecule has 7 aromatic rings. The normalized spacial score (nSPS) is 15.6. The second-order valence-electron chi connectivity index (χ2n) is 12.0. The molecule has 0 bridgehead atoms. The lowest BCUT2D eigenvalue weighted by Crippen LogP contribution is -2.12. The molecular weight excluding hydrogens is 548 g/mol. The summed E-state index contributed by atoms with van der Waals surface area (Å²) in [5.41, 5.74) is 14.9. The van der Waals surface area contributed by atoms with Crippen LogP contribution in [-0.4, -0.2) is 9.97 Å². The maximum atomic E-state index is 6.08. The van der Waals surface area contributed by atoms with Gasteiger partial charge < -0.3 is 4.42 Å². The van der Waals surface area contributed by atoms with Crippen molar-refractivity contribution in [3.8, 4) is 33.6 Å². The van der Waals surface area contributed by atoms with E-state index in [4.69, 9.17) is 14.4 Å². The number of hydrogen-bond donors (Lipinski definition) is 0. The Kier molecular flexibility index (Phi) is 6.09. The monoisotopic (exact) mass is 578 g/mol.